The quantitative estimate of drug-likeness (QED) is 0.909. The zero-order valence-electron chi connectivity index (χ0n) is 12.1. The Morgan fingerprint density at radius 3 is 2.57 bits per heavy atom. The summed E-state index contributed by atoms with van der Waals surface area (Å²) >= 11 is 0. The molecule has 3 nitrogen and oxygen atoms in total. The van der Waals surface area contributed by atoms with Gasteiger partial charge in [0.1, 0.15) is 17.8 Å². The minimum atomic E-state index is -0.601. The maximum Gasteiger partial charge on any atom is 0.238 e. The van der Waals surface area contributed by atoms with Crippen molar-refractivity contribution in [2.75, 3.05) is 6.54 Å². The van der Waals surface area contributed by atoms with Crippen LogP contribution >= 0.6 is 0 Å². The van der Waals surface area contributed by atoms with Crippen molar-refractivity contribution in [3.05, 3.63) is 35.4 Å². The number of halogens is 2. The Bertz CT molecular complexity index is 541. The van der Waals surface area contributed by atoms with Crippen LogP contribution in [0, 0.1) is 17.6 Å². The average Bonchev–Trinajstić information content (AvgIpc) is 2.82. The van der Waals surface area contributed by atoms with E-state index in [1.807, 2.05) is 0 Å². The van der Waals surface area contributed by atoms with Crippen LogP contribution in [0.3, 0.4) is 0 Å². The molecule has 1 unspecified atom stereocenters. The van der Waals surface area contributed by atoms with Crippen LogP contribution in [0.2, 0.25) is 0 Å². The molecule has 2 aliphatic rings. The van der Waals surface area contributed by atoms with Crippen molar-refractivity contribution in [2.24, 2.45) is 5.92 Å². The van der Waals surface area contributed by atoms with Crippen molar-refractivity contribution < 1.29 is 13.6 Å². The smallest absolute Gasteiger partial charge is 0.238 e. The molecule has 1 saturated carbocycles. The first-order chi connectivity index (χ1) is 10.1. The molecule has 0 spiro atoms. The van der Waals surface area contributed by atoms with E-state index in [4.69, 9.17) is 0 Å². The molecule has 1 saturated heterocycles. The number of amides is 1. The van der Waals surface area contributed by atoms with Crippen molar-refractivity contribution in [1.82, 2.24) is 10.2 Å². The molecule has 0 bridgehead atoms. The molecular formula is C16H20F2N2O. The second kappa shape index (κ2) is 5.72. The van der Waals surface area contributed by atoms with E-state index in [2.05, 4.69) is 12.2 Å². The first-order valence-electron chi connectivity index (χ1n) is 7.55. The summed E-state index contributed by atoms with van der Waals surface area (Å²) < 4.78 is 27.1. The summed E-state index contributed by atoms with van der Waals surface area (Å²) in [6.45, 7) is 2.44. The zero-order valence-corrected chi connectivity index (χ0v) is 12.1. The van der Waals surface area contributed by atoms with Gasteiger partial charge in [-0.25, -0.2) is 8.78 Å². The van der Waals surface area contributed by atoms with Crippen LogP contribution in [0.5, 0.6) is 0 Å². The van der Waals surface area contributed by atoms with Gasteiger partial charge in [-0.1, -0.05) is 6.92 Å². The Morgan fingerprint density at radius 1 is 1.19 bits per heavy atom. The van der Waals surface area contributed by atoms with Gasteiger partial charge in [0.25, 0.3) is 0 Å². The molecule has 0 aromatic heterocycles. The van der Waals surface area contributed by atoms with Crippen molar-refractivity contribution in [3.63, 3.8) is 0 Å². The fourth-order valence-corrected chi connectivity index (χ4v) is 3.44. The molecule has 3 rings (SSSR count). The van der Waals surface area contributed by atoms with Crippen LogP contribution in [0.25, 0.3) is 0 Å². The third-order valence-corrected chi connectivity index (χ3v) is 4.65. The Morgan fingerprint density at radius 2 is 1.90 bits per heavy atom. The molecule has 21 heavy (non-hydrogen) atoms. The predicted octanol–water partition coefficient (Wildman–Crippen LogP) is 2.97. The monoisotopic (exact) mass is 294 g/mol. The first-order valence-corrected chi connectivity index (χ1v) is 7.55. The summed E-state index contributed by atoms with van der Waals surface area (Å²) in [5.41, 5.74) is 0.348. The Labute approximate surface area is 123 Å². The molecule has 0 radical (unpaired) electrons. The molecule has 1 atom stereocenters. The Balaban J connectivity index is 1.85. The third kappa shape index (κ3) is 2.79. The maximum absolute atomic E-state index is 14.0. The van der Waals surface area contributed by atoms with Crippen LogP contribution in [0.4, 0.5) is 8.78 Å². The molecule has 2 fully saturated rings. The normalized spacial score (nSPS) is 30.0. The lowest BCUT2D eigenvalue weighted by Gasteiger charge is -2.37. The maximum atomic E-state index is 14.0. The fourth-order valence-electron chi connectivity index (χ4n) is 3.44. The summed E-state index contributed by atoms with van der Waals surface area (Å²) in [5.74, 6) is -0.508. The number of hydrogen-bond donors (Lipinski definition) is 1. The van der Waals surface area contributed by atoms with Gasteiger partial charge in [0.05, 0.1) is 6.54 Å². The highest BCUT2D eigenvalue weighted by Gasteiger charge is 2.38. The van der Waals surface area contributed by atoms with Gasteiger partial charge >= 0.3 is 0 Å². The Hall–Kier alpha value is -1.49. The molecule has 1 aliphatic heterocycles. The zero-order chi connectivity index (χ0) is 15.0. The van der Waals surface area contributed by atoms with E-state index in [0.29, 0.717) is 11.5 Å². The molecule has 1 heterocycles. The van der Waals surface area contributed by atoms with Crippen molar-refractivity contribution >= 4 is 5.91 Å². The summed E-state index contributed by atoms with van der Waals surface area (Å²) in [7, 11) is 0. The topological polar surface area (TPSA) is 32.3 Å². The summed E-state index contributed by atoms with van der Waals surface area (Å²) in [5, 5.41) is 3.06. The summed E-state index contributed by atoms with van der Waals surface area (Å²) in [4.78, 5) is 14.0. The number of carbonyl (C=O) groups is 1. The van der Waals surface area contributed by atoms with E-state index in [1.165, 1.54) is 12.1 Å². The number of hydrogen-bond acceptors (Lipinski definition) is 2. The number of rotatable bonds is 2. The van der Waals surface area contributed by atoms with Gasteiger partial charge in [-0.15, -0.1) is 0 Å². The van der Waals surface area contributed by atoms with E-state index in [1.54, 1.807) is 4.90 Å². The fraction of sp³-hybridized carbons (Fsp3) is 0.562. The van der Waals surface area contributed by atoms with Gasteiger partial charge in [-0.2, -0.15) is 0 Å². The number of nitrogens with one attached hydrogen (secondary N) is 1. The van der Waals surface area contributed by atoms with Gasteiger partial charge in [0, 0.05) is 17.7 Å². The van der Waals surface area contributed by atoms with Crippen LogP contribution < -0.4 is 5.32 Å². The minimum Gasteiger partial charge on any atom is -0.319 e. The van der Waals surface area contributed by atoms with Crippen LogP contribution in [-0.2, 0) is 4.79 Å². The highest BCUT2D eigenvalue weighted by Crippen LogP contribution is 2.34. The predicted molar refractivity (Wildman–Crippen MR) is 75.4 cm³/mol. The molecule has 1 amide bonds. The van der Waals surface area contributed by atoms with E-state index in [-0.39, 0.29) is 18.5 Å². The van der Waals surface area contributed by atoms with E-state index in [0.717, 1.165) is 31.7 Å². The highest BCUT2D eigenvalue weighted by molar-refractivity contribution is 5.81. The summed E-state index contributed by atoms with van der Waals surface area (Å²) in [6.07, 6.45) is 3.61. The van der Waals surface area contributed by atoms with Crippen molar-refractivity contribution in [3.8, 4) is 0 Å². The van der Waals surface area contributed by atoms with E-state index >= 15 is 0 Å². The lowest BCUT2D eigenvalue weighted by Crippen LogP contribution is -2.41. The minimum absolute atomic E-state index is 0.00304. The largest absolute Gasteiger partial charge is 0.319 e. The molecule has 1 aromatic rings. The lowest BCUT2D eigenvalue weighted by molar-refractivity contribution is -0.131. The molecule has 1 aromatic carbocycles. The van der Waals surface area contributed by atoms with Crippen molar-refractivity contribution in [1.29, 1.82) is 0 Å². The van der Waals surface area contributed by atoms with Crippen LogP contribution in [0.1, 0.15) is 44.3 Å². The van der Waals surface area contributed by atoms with Crippen molar-refractivity contribution in [2.45, 2.75) is 44.8 Å². The van der Waals surface area contributed by atoms with Gasteiger partial charge in [-0.3, -0.25) is 10.1 Å². The second-order valence-corrected chi connectivity index (χ2v) is 6.16. The second-order valence-electron chi connectivity index (χ2n) is 6.16. The van der Waals surface area contributed by atoms with Gasteiger partial charge in [0.15, 0.2) is 0 Å². The molecule has 5 heteroatoms. The SMILES string of the molecule is CC1CCC(N2C(=O)CNC2c2ccc(F)cc2F)CC1. The van der Waals surface area contributed by atoms with Crippen LogP contribution in [-0.4, -0.2) is 23.4 Å². The van der Waals surface area contributed by atoms with Gasteiger partial charge in [-0.05, 0) is 43.7 Å². The number of carbonyl (C=O) groups excluding carboxylic acids is 1. The molecule has 1 aliphatic carbocycles. The Kier molecular flexibility index (Phi) is 3.93. The highest BCUT2D eigenvalue weighted by atomic mass is 19.1. The van der Waals surface area contributed by atoms with E-state index in [9.17, 15) is 13.6 Å². The first kappa shape index (κ1) is 14.4. The molecular weight excluding hydrogens is 274 g/mol. The van der Waals surface area contributed by atoms with E-state index < -0.39 is 17.8 Å². The number of benzene rings is 1. The lowest BCUT2D eigenvalue weighted by atomic mass is 9.86. The standard InChI is InChI=1S/C16H20F2N2O/c1-10-2-5-12(6-3-10)20-15(21)9-19-16(20)13-7-4-11(17)8-14(13)18/h4,7-8,10,12,16,19H,2-3,5-6,9H2,1H3. The molecule has 1 N–H and O–H groups in total. The summed E-state index contributed by atoms with van der Waals surface area (Å²) in [6, 6.07) is 3.70. The van der Waals surface area contributed by atoms with Gasteiger partial charge < -0.3 is 4.90 Å². The van der Waals surface area contributed by atoms with Crippen LogP contribution in [0.15, 0.2) is 18.2 Å². The molecule has 114 valence electrons. The number of nitrogens with zero attached hydrogens (tertiary/aromatic N) is 1. The van der Waals surface area contributed by atoms with Gasteiger partial charge in [0.2, 0.25) is 5.91 Å². The third-order valence-electron chi connectivity index (χ3n) is 4.65. The average molecular weight is 294 g/mol.